The Kier molecular flexibility index (Phi) is 7.76. The molecule has 1 fully saturated rings. The van der Waals surface area contributed by atoms with Crippen molar-refractivity contribution in [1.29, 1.82) is 0 Å². The Labute approximate surface area is 228 Å². The molecule has 212 valence electrons. The molecule has 0 amide bonds. The molecule has 40 heavy (non-hydrogen) atoms. The molecular weight excluding hydrogens is 532 g/mol. The number of likely N-dealkylation sites (tertiary alicyclic amines) is 1. The van der Waals surface area contributed by atoms with Crippen molar-refractivity contribution >= 4 is 17.2 Å². The smallest absolute Gasteiger partial charge is 0.363 e. The average Bonchev–Trinajstić information content (AvgIpc) is 2.92. The first-order valence-corrected chi connectivity index (χ1v) is 13.2. The van der Waals surface area contributed by atoms with Crippen LogP contribution in [0.15, 0.2) is 65.8 Å². The van der Waals surface area contributed by atoms with Gasteiger partial charge in [0.05, 0.1) is 16.8 Å². The summed E-state index contributed by atoms with van der Waals surface area (Å²) in [6, 6.07) is 11.7. The molecule has 5 nitrogen and oxygen atoms in total. The third kappa shape index (κ3) is 6.41. The fourth-order valence-electron chi connectivity index (χ4n) is 5.02. The number of rotatable bonds is 5. The van der Waals surface area contributed by atoms with E-state index in [-0.39, 0.29) is 11.9 Å². The molecule has 0 saturated carbocycles. The number of hydrogen-bond acceptors (Lipinski definition) is 5. The lowest BCUT2D eigenvalue weighted by Crippen LogP contribution is -2.37. The summed E-state index contributed by atoms with van der Waals surface area (Å²) in [6.45, 7) is 5.02. The van der Waals surface area contributed by atoms with Crippen molar-refractivity contribution in [3.05, 3.63) is 77.5 Å². The van der Waals surface area contributed by atoms with Gasteiger partial charge in [0.1, 0.15) is 12.0 Å². The quantitative estimate of drug-likeness (QED) is 0.317. The van der Waals surface area contributed by atoms with E-state index in [9.17, 15) is 26.3 Å². The van der Waals surface area contributed by atoms with Crippen LogP contribution in [0.1, 0.15) is 42.9 Å². The van der Waals surface area contributed by atoms with Crippen LogP contribution in [-0.2, 0) is 12.4 Å². The summed E-state index contributed by atoms with van der Waals surface area (Å²) >= 11 is 0. The van der Waals surface area contributed by atoms with Gasteiger partial charge in [0.2, 0.25) is 0 Å². The molecule has 0 radical (unpaired) electrons. The van der Waals surface area contributed by atoms with E-state index >= 15 is 0 Å². The van der Waals surface area contributed by atoms with Crippen LogP contribution in [0.4, 0.5) is 37.7 Å². The van der Waals surface area contributed by atoms with Gasteiger partial charge in [-0.05, 0) is 80.4 Å². The fraction of sp³-hybridized carbons (Fsp3) is 0.379. The molecule has 0 bridgehead atoms. The molecule has 0 aliphatic carbocycles. The molecule has 1 atom stereocenters. The van der Waals surface area contributed by atoms with Crippen LogP contribution in [0, 0.1) is 5.92 Å². The standard InChI is InChI=1S/C29H29F6N5/c1-18-10-14-40(15-11-18)16-12-25-38-24-17-19(26-23(29(33,34)35)3-2-13-36-26)4-9-22(24)27(39-25)37-21-7-5-20(6-8-21)28(30,31)32/h2-9,13,17-18,25,38H,10-12,14-16H2,1H3,(H,37,39). The lowest BCUT2D eigenvalue weighted by molar-refractivity contribution is -0.138. The number of nitrogens with one attached hydrogen (secondary N) is 2. The summed E-state index contributed by atoms with van der Waals surface area (Å²) in [5, 5.41) is 6.46. The molecule has 3 aromatic rings. The lowest BCUT2D eigenvalue weighted by Gasteiger charge is -2.32. The van der Waals surface area contributed by atoms with Gasteiger partial charge in [0.15, 0.2) is 0 Å². The molecule has 11 heteroatoms. The number of pyridine rings is 1. The Hall–Kier alpha value is -3.60. The minimum absolute atomic E-state index is 0.182. The number of benzene rings is 2. The molecular formula is C29H29F6N5. The first-order chi connectivity index (χ1) is 19.0. The zero-order valence-electron chi connectivity index (χ0n) is 21.8. The Balaban J connectivity index is 1.44. The van der Waals surface area contributed by atoms with Crippen molar-refractivity contribution in [1.82, 2.24) is 9.88 Å². The second kappa shape index (κ2) is 11.1. The van der Waals surface area contributed by atoms with Crippen LogP contribution < -0.4 is 10.6 Å². The van der Waals surface area contributed by atoms with E-state index in [0.29, 0.717) is 40.7 Å². The molecule has 1 saturated heterocycles. The van der Waals surface area contributed by atoms with Gasteiger partial charge in [0, 0.05) is 41.7 Å². The Morgan fingerprint density at radius 3 is 2.35 bits per heavy atom. The maximum atomic E-state index is 13.7. The second-order valence-corrected chi connectivity index (χ2v) is 10.3. The maximum Gasteiger partial charge on any atom is 0.418 e. The minimum atomic E-state index is -4.57. The van der Waals surface area contributed by atoms with Gasteiger partial charge >= 0.3 is 12.4 Å². The zero-order valence-corrected chi connectivity index (χ0v) is 21.8. The first-order valence-electron chi connectivity index (χ1n) is 13.2. The van der Waals surface area contributed by atoms with Gasteiger partial charge in [-0.2, -0.15) is 26.3 Å². The molecule has 0 spiro atoms. The summed E-state index contributed by atoms with van der Waals surface area (Å²) in [4.78, 5) is 11.2. The molecule has 2 aliphatic rings. The predicted octanol–water partition coefficient (Wildman–Crippen LogP) is 7.52. The monoisotopic (exact) mass is 561 g/mol. The lowest BCUT2D eigenvalue weighted by atomic mass is 9.99. The third-order valence-electron chi connectivity index (χ3n) is 7.34. The summed E-state index contributed by atoms with van der Waals surface area (Å²) in [5.41, 5.74) is 0.0843. The molecule has 5 rings (SSSR count). The van der Waals surface area contributed by atoms with E-state index < -0.39 is 23.5 Å². The molecule has 2 aromatic carbocycles. The van der Waals surface area contributed by atoms with Crippen molar-refractivity contribution in [3.8, 4) is 11.3 Å². The summed E-state index contributed by atoms with van der Waals surface area (Å²) in [6.07, 6.45) is -5.19. The van der Waals surface area contributed by atoms with Crippen LogP contribution >= 0.6 is 0 Å². The van der Waals surface area contributed by atoms with Crippen LogP contribution in [0.2, 0.25) is 0 Å². The predicted molar refractivity (Wildman–Crippen MR) is 143 cm³/mol. The molecule has 3 heterocycles. The number of alkyl halides is 6. The fourth-order valence-corrected chi connectivity index (χ4v) is 5.02. The Morgan fingerprint density at radius 2 is 1.68 bits per heavy atom. The van der Waals surface area contributed by atoms with E-state index in [1.54, 1.807) is 12.1 Å². The van der Waals surface area contributed by atoms with Crippen molar-refractivity contribution in [2.24, 2.45) is 10.9 Å². The maximum absolute atomic E-state index is 13.7. The topological polar surface area (TPSA) is 52.5 Å². The second-order valence-electron chi connectivity index (χ2n) is 10.3. The van der Waals surface area contributed by atoms with Gasteiger partial charge in [-0.1, -0.05) is 13.0 Å². The summed E-state index contributed by atoms with van der Waals surface area (Å²) in [7, 11) is 0. The first kappa shape index (κ1) is 27.9. The highest BCUT2D eigenvalue weighted by molar-refractivity contribution is 6.13. The highest BCUT2D eigenvalue weighted by Crippen LogP contribution is 2.38. The molecule has 2 aliphatic heterocycles. The van der Waals surface area contributed by atoms with E-state index in [2.05, 4.69) is 27.4 Å². The summed E-state index contributed by atoms with van der Waals surface area (Å²) in [5.74, 6) is 1.12. The molecule has 1 aromatic heterocycles. The van der Waals surface area contributed by atoms with Crippen molar-refractivity contribution in [2.45, 2.75) is 44.7 Å². The van der Waals surface area contributed by atoms with E-state index in [0.717, 1.165) is 50.7 Å². The summed E-state index contributed by atoms with van der Waals surface area (Å²) < 4.78 is 80.2. The highest BCUT2D eigenvalue weighted by atomic mass is 19.4. The van der Waals surface area contributed by atoms with Crippen LogP contribution in [0.5, 0.6) is 0 Å². The number of halogens is 6. The number of aliphatic imine (C=N–C) groups is 1. The third-order valence-corrected chi connectivity index (χ3v) is 7.34. The number of anilines is 2. The van der Waals surface area contributed by atoms with E-state index in [4.69, 9.17) is 4.99 Å². The molecule has 1 unspecified atom stereocenters. The number of amidine groups is 1. The largest absolute Gasteiger partial charge is 0.418 e. The Bertz CT molecular complexity index is 1360. The SMILES string of the molecule is CC1CCN(CCC2N=C(Nc3ccc(C(F)(F)F)cc3)c3ccc(-c4ncccc4C(F)(F)F)cc3N2)CC1. The van der Waals surface area contributed by atoms with Crippen molar-refractivity contribution < 1.29 is 26.3 Å². The van der Waals surface area contributed by atoms with Gasteiger partial charge < -0.3 is 15.5 Å². The van der Waals surface area contributed by atoms with E-state index in [1.807, 2.05) is 0 Å². The normalized spacial score (nSPS) is 18.6. The van der Waals surface area contributed by atoms with Gasteiger partial charge in [-0.3, -0.25) is 4.98 Å². The van der Waals surface area contributed by atoms with Gasteiger partial charge in [0.25, 0.3) is 0 Å². The van der Waals surface area contributed by atoms with Gasteiger partial charge in [-0.25, -0.2) is 4.99 Å². The van der Waals surface area contributed by atoms with Crippen molar-refractivity contribution in [2.75, 3.05) is 30.3 Å². The molecule has 2 N–H and O–H groups in total. The van der Waals surface area contributed by atoms with Crippen molar-refractivity contribution in [3.63, 3.8) is 0 Å². The number of aromatic nitrogens is 1. The average molecular weight is 562 g/mol. The zero-order chi connectivity index (χ0) is 28.5. The van der Waals surface area contributed by atoms with E-state index in [1.165, 1.54) is 30.5 Å². The van der Waals surface area contributed by atoms with Crippen LogP contribution in [0.25, 0.3) is 11.3 Å². The minimum Gasteiger partial charge on any atom is -0.363 e. The van der Waals surface area contributed by atoms with Gasteiger partial charge in [-0.15, -0.1) is 0 Å². The Morgan fingerprint density at radius 1 is 0.950 bits per heavy atom. The van der Waals surface area contributed by atoms with Crippen LogP contribution in [0.3, 0.4) is 0 Å². The number of nitrogens with zero attached hydrogens (tertiary/aromatic N) is 3. The number of fused-ring (bicyclic) bond motifs is 1. The number of hydrogen-bond donors (Lipinski definition) is 2. The number of piperidine rings is 1. The highest BCUT2D eigenvalue weighted by Gasteiger charge is 2.35. The van der Waals surface area contributed by atoms with Crippen LogP contribution in [-0.4, -0.2) is 41.5 Å².